The quantitative estimate of drug-likeness (QED) is 0.689. The average molecular weight is 220 g/mol. The van der Waals surface area contributed by atoms with E-state index >= 15 is 0 Å². The van der Waals surface area contributed by atoms with E-state index < -0.39 is 5.82 Å². The maximum Gasteiger partial charge on any atom is 0.146 e. The second kappa shape index (κ2) is 4.49. The van der Waals surface area contributed by atoms with Gasteiger partial charge in [0.05, 0.1) is 5.02 Å². The zero-order valence-electron chi connectivity index (χ0n) is 6.77. The Morgan fingerprint density at radius 3 is 2.92 bits per heavy atom. The molecule has 1 radical (unpaired) electrons. The van der Waals surface area contributed by atoms with E-state index in [2.05, 4.69) is 6.07 Å². The molecule has 13 heavy (non-hydrogen) atoms. The summed E-state index contributed by atoms with van der Waals surface area (Å²) in [5.74, 6) is 0.283. The van der Waals surface area contributed by atoms with E-state index in [4.69, 9.17) is 27.9 Å². The van der Waals surface area contributed by atoms with Crippen LogP contribution in [-0.2, 0) is 0 Å². The summed E-state index contributed by atoms with van der Waals surface area (Å²) in [7, 11) is 0. The van der Waals surface area contributed by atoms with E-state index in [-0.39, 0.29) is 5.02 Å². The molecule has 0 aliphatic carbocycles. The van der Waals surface area contributed by atoms with Crippen LogP contribution in [0.4, 0.5) is 4.39 Å². The molecule has 0 aliphatic rings. The van der Waals surface area contributed by atoms with Crippen molar-refractivity contribution in [2.45, 2.75) is 6.92 Å². The molecule has 69 valence electrons. The van der Waals surface area contributed by atoms with E-state index in [1.165, 1.54) is 11.6 Å². The Kier molecular flexibility index (Phi) is 3.58. The molecular formula is C9H6Cl2FO. The van der Waals surface area contributed by atoms with Gasteiger partial charge >= 0.3 is 0 Å². The van der Waals surface area contributed by atoms with E-state index in [1.807, 2.05) is 0 Å². The molecule has 0 aromatic heterocycles. The topological polar surface area (TPSA) is 9.23 Å². The molecule has 4 heteroatoms. The molecule has 0 atom stereocenters. The van der Waals surface area contributed by atoms with E-state index in [0.717, 1.165) is 6.07 Å². The number of rotatable bonds is 2. The van der Waals surface area contributed by atoms with Gasteiger partial charge in [0.2, 0.25) is 0 Å². The van der Waals surface area contributed by atoms with Crippen molar-refractivity contribution in [2.24, 2.45) is 0 Å². The zero-order chi connectivity index (χ0) is 9.84. The standard InChI is InChI=1S/C9H6Cl2FO/c1-6(5-10)13-9-3-2-7(12)4-8(9)11/h3-5H,1H3. The van der Waals surface area contributed by atoms with Crippen molar-refractivity contribution < 1.29 is 9.13 Å². The summed E-state index contributed by atoms with van der Waals surface area (Å²) in [6, 6.07) is 4.77. The Labute approximate surface area is 85.7 Å². The third kappa shape index (κ3) is 2.90. The summed E-state index contributed by atoms with van der Waals surface area (Å²) in [5.41, 5.74) is 1.26. The lowest BCUT2D eigenvalue weighted by molar-refractivity contribution is 0.428. The molecule has 0 saturated heterocycles. The van der Waals surface area contributed by atoms with Gasteiger partial charge in [-0.25, -0.2) is 4.39 Å². The second-order valence-electron chi connectivity index (χ2n) is 2.31. The fourth-order valence-corrected chi connectivity index (χ4v) is 0.935. The Balaban J connectivity index is 2.90. The van der Waals surface area contributed by atoms with Gasteiger partial charge in [-0.3, -0.25) is 0 Å². The molecule has 0 heterocycles. The Hall–Kier alpha value is -0.730. The number of benzene rings is 1. The summed E-state index contributed by atoms with van der Waals surface area (Å²) in [4.78, 5) is 0. The maximum absolute atomic E-state index is 12.5. The molecular weight excluding hydrogens is 214 g/mol. The molecule has 0 amide bonds. The first-order valence-electron chi connectivity index (χ1n) is 3.45. The van der Waals surface area contributed by atoms with Gasteiger partial charge in [-0.15, -0.1) is 0 Å². The van der Waals surface area contributed by atoms with Crippen LogP contribution in [0.3, 0.4) is 0 Å². The smallest absolute Gasteiger partial charge is 0.146 e. The van der Waals surface area contributed by atoms with Crippen LogP contribution in [-0.4, -0.2) is 0 Å². The van der Waals surface area contributed by atoms with Crippen molar-refractivity contribution >= 4 is 23.2 Å². The first kappa shape index (κ1) is 10.4. The number of halogens is 3. The summed E-state index contributed by atoms with van der Waals surface area (Å²) in [6.45, 7) is 1.66. The molecule has 1 nitrogen and oxygen atoms in total. The van der Waals surface area contributed by atoms with Gasteiger partial charge in [-0.05, 0) is 19.1 Å². The van der Waals surface area contributed by atoms with Crippen LogP contribution in [0.5, 0.6) is 5.75 Å². The number of hydrogen-bond donors (Lipinski definition) is 0. The molecule has 0 fully saturated rings. The SMILES string of the molecule is CC(=CCl)Oc1c[c]c(F)cc1Cl. The molecule has 0 spiro atoms. The Bertz CT molecular complexity index is 336. The first-order valence-corrected chi connectivity index (χ1v) is 4.26. The lowest BCUT2D eigenvalue weighted by Crippen LogP contribution is -1.90. The minimum atomic E-state index is -0.523. The van der Waals surface area contributed by atoms with E-state index in [9.17, 15) is 4.39 Å². The van der Waals surface area contributed by atoms with Crippen molar-refractivity contribution in [3.63, 3.8) is 0 Å². The van der Waals surface area contributed by atoms with Gasteiger partial charge in [-0.2, -0.15) is 0 Å². The third-order valence-corrected chi connectivity index (χ3v) is 1.86. The van der Waals surface area contributed by atoms with Crippen molar-refractivity contribution in [1.29, 1.82) is 0 Å². The van der Waals surface area contributed by atoms with Crippen molar-refractivity contribution in [1.82, 2.24) is 0 Å². The van der Waals surface area contributed by atoms with Crippen LogP contribution in [0.2, 0.25) is 5.02 Å². The van der Waals surface area contributed by atoms with Gasteiger partial charge in [0.15, 0.2) is 0 Å². The van der Waals surface area contributed by atoms with Crippen LogP contribution >= 0.6 is 23.2 Å². The molecule has 0 aliphatic heterocycles. The minimum absolute atomic E-state index is 0.189. The maximum atomic E-state index is 12.5. The lowest BCUT2D eigenvalue weighted by Gasteiger charge is -2.05. The normalized spacial score (nSPS) is 11.5. The molecule has 0 unspecified atom stereocenters. The highest BCUT2D eigenvalue weighted by Gasteiger charge is 2.03. The molecule has 0 N–H and O–H groups in total. The predicted molar refractivity (Wildman–Crippen MR) is 50.5 cm³/mol. The summed E-state index contributed by atoms with van der Waals surface area (Å²) in [6.07, 6.45) is 0. The summed E-state index contributed by atoms with van der Waals surface area (Å²) in [5, 5.41) is 0.189. The number of hydrogen-bond acceptors (Lipinski definition) is 1. The largest absolute Gasteiger partial charge is 0.460 e. The summed E-state index contributed by atoms with van der Waals surface area (Å²) < 4.78 is 17.7. The van der Waals surface area contributed by atoms with Crippen LogP contribution in [0, 0.1) is 11.9 Å². The predicted octanol–water partition coefficient (Wildman–Crippen LogP) is 3.76. The fraction of sp³-hybridized carbons (Fsp3) is 0.111. The van der Waals surface area contributed by atoms with Gasteiger partial charge in [0.1, 0.15) is 17.3 Å². The van der Waals surface area contributed by atoms with Crippen LogP contribution in [0.25, 0.3) is 0 Å². The van der Waals surface area contributed by atoms with E-state index in [0.29, 0.717) is 11.5 Å². The highest BCUT2D eigenvalue weighted by molar-refractivity contribution is 6.32. The van der Waals surface area contributed by atoms with Crippen molar-refractivity contribution in [3.8, 4) is 5.75 Å². The molecule has 1 aromatic carbocycles. The molecule has 0 saturated carbocycles. The second-order valence-corrected chi connectivity index (χ2v) is 2.94. The van der Waals surface area contributed by atoms with Crippen LogP contribution < -0.4 is 4.74 Å². The van der Waals surface area contributed by atoms with Gasteiger partial charge in [0, 0.05) is 11.6 Å². The third-order valence-electron chi connectivity index (χ3n) is 1.25. The van der Waals surface area contributed by atoms with Crippen molar-refractivity contribution in [3.05, 3.63) is 40.3 Å². The summed E-state index contributed by atoms with van der Waals surface area (Å²) >= 11 is 11.0. The van der Waals surface area contributed by atoms with Gasteiger partial charge in [-0.1, -0.05) is 23.2 Å². The van der Waals surface area contributed by atoms with Gasteiger partial charge < -0.3 is 4.74 Å². The number of ether oxygens (including phenoxy) is 1. The van der Waals surface area contributed by atoms with Crippen LogP contribution in [0.1, 0.15) is 6.92 Å². The Morgan fingerprint density at radius 2 is 2.38 bits per heavy atom. The van der Waals surface area contributed by atoms with E-state index in [1.54, 1.807) is 6.92 Å². The first-order chi connectivity index (χ1) is 6.13. The lowest BCUT2D eigenvalue weighted by atomic mass is 10.3. The highest BCUT2D eigenvalue weighted by Crippen LogP contribution is 2.26. The zero-order valence-corrected chi connectivity index (χ0v) is 8.29. The fourth-order valence-electron chi connectivity index (χ4n) is 0.701. The van der Waals surface area contributed by atoms with Gasteiger partial charge in [0.25, 0.3) is 0 Å². The molecule has 0 bridgehead atoms. The average Bonchev–Trinajstić information content (AvgIpc) is 2.09. The monoisotopic (exact) mass is 219 g/mol. The van der Waals surface area contributed by atoms with Crippen LogP contribution in [0.15, 0.2) is 23.4 Å². The Morgan fingerprint density at radius 1 is 1.69 bits per heavy atom. The van der Waals surface area contributed by atoms with Crippen molar-refractivity contribution in [2.75, 3.05) is 0 Å². The highest BCUT2D eigenvalue weighted by atomic mass is 35.5. The number of allylic oxidation sites excluding steroid dienone is 1. The molecule has 1 rings (SSSR count). The minimum Gasteiger partial charge on any atom is -0.460 e. The molecule has 1 aromatic rings.